The highest BCUT2D eigenvalue weighted by molar-refractivity contribution is 8.19. The van der Waals surface area contributed by atoms with E-state index in [0.717, 1.165) is 0 Å². The maximum absolute atomic E-state index is 12.3. The zero-order chi connectivity index (χ0) is 16.4. The van der Waals surface area contributed by atoms with Gasteiger partial charge >= 0.3 is 5.97 Å². The molecule has 1 amide bonds. The molecular weight excluding hydrogens is 326 g/mol. The van der Waals surface area contributed by atoms with Crippen molar-refractivity contribution in [1.29, 1.82) is 0 Å². The minimum Gasteiger partial charge on any atom is -0.611 e. The molecule has 2 aliphatic heterocycles. The molecule has 2 aliphatic rings. The van der Waals surface area contributed by atoms with Gasteiger partial charge in [0, 0.05) is 0 Å². The molecule has 0 aliphatic carbocycles. The first-order valence-electron chi connectivity index (χ1n) is 7.02. The maximum atomic E-state index is 12.3. The Kier molecular flexibility index (Phi) is 5.60. The Bertz CT molecular complexity index is 519. The third-order valence-electron chi connectivity index (χ3n) is 3.39. The van der Waals surface area contributed by atoms with Crippen molar-refractivity contribution in [2.24, 2.45) is 5.92 Å². The molecule has 0 aromatic carbocycles. The molecule has 0 aromatic heterocycles. The molecular formula is C14H19NO5S2. The van der Waals surface area contributed by atoms with Crippen LogP contribution in [-0.4, -0.2) is 50.3 Å². The molecule has 22 heavy (non-hydrogen) atoms. The molecule has 1 unspecified atom stereocenters. The van der Waals surface area contributed by atoms with Crippen molar-refractivity contribution in [3.63, 3.8) is 0 Å². The molecule has 0 spiro atoms. The van der Waals surface area contributed by atoms with Gasteiger partial charge in [0.2, 0.25) is 10.1 Å². The molecule has 1 saturated heterocycles. The number of ether oxygens (including phenoxy) is 1. The summed E-state index contributed by atoms with van der Waals surface area (Å²) in [5.74, 6) is -1.18. The van der Waals surface area contributed by atoms with Gasteiger partial charge in [-0.1, -0.05) is 19.6 Å². The van der Waals surface area contributed by atoms with Crippen molar-refractivity contribution in [1.82, 2.24) is 4.90 Å². The molecule has 6 nitrogen and oxygen atoms in total. The number of nitrogens with zero attached hydrogens (tertiary/aromatic N) is 1. The predicted octanol–water partition coefficient (Wildman–Crippen LogP) is 0.956. The van der Waals surface area contributed by atoms with E-state index in [2.05, 4.69) is 6.58 Å². The zero-order valence-corrected chi connectivity index (χ0v) is 14.1. The van der Waals surface area contributed by atoms with Gasteiger partial charge in [0.25, 0.3) is 0 Å². The first kappa shape index (κ1) is 17.4. The second kappa shape index (κ2) is 7.08. The number of β-lactam (4-membered cyclic amide) rings is 1. The normalized spacial score (nSPS) is 26.4. The van der Waals surface area contributed by atoms with Gasteiger partial charge in [0.1, 0.15) is 17.7 Å². The molecule has 1 fully saturated rings. The summed E-state index contributed by atoms with van der Waals surface area (Å²) >= 11 is -0.139. The van der Waals surface area contributed by atoms with Crippen LogP contribution in [0.2, 0.25) is 0 Å². The van der Waals surface area contributed by atoms with Gasteiger partial charge in [-0.3, -0.25) is 9.69 Å². The molecule has 4 atom stereocenters. The maximum Gasteiger partial charge on any atom is 0.361 e. The quantitative estimate of drug-likeness (QED) is 0.320. The molecule has 8 heteroatoms. The van der Waals surface area contributed by atoms with E-state index in [-0.39, 0.29) is 23.6 Å². The van der Waals surface area contributed by atoms with Gasteiger partial charge in [-0.25, -0.2) is 4.79 Å². The number of fused-ring (bicyclic) bond motifs is 1. The molecule has 1 N–H and O–H groups in total. The molecule has 0 radical (unpaired) electrons. The monoisotopic (exact) mass is 345 g/mol. The number of hydrogen-bond donors (Lipinski definition) is 1. The molecule has 2 rings (SSSR count). The van der Waals surface area contributed by atoms with Gasteiger partial charge in [-0.05, 0) is 36.3 Å². The highest BCUT2D eigenvalue weighted by atomic mass is 32.3. The summed E-state index contributed by atoms with van der Waals surface area (Å²) in [6, 6.07) is 0. The Balaban J connectivity index is 2.28. The number of carbonyl (C=O) groups excluding carboxylic acids is 2. The van der Waals surface area contributed by atoms with Gasteiger partial charge in [0.15, 0.2) is 5.70 Å². The number of aliphatic hydroxyl groups is 1. The number of thioether (sulfide) groups is 1. The van der Waals surface area contributed by atoms with Crippen LogP contribution in [0.4, 0.5) is 0 Å². The largest absolute Gasteiger partial charge is 0.611 e. The molecule has 0 saturated carbocycles. The summed E-state index contributed by atoms with van der Waals surface area (Å²) in [5, 5.41) is 9.32. The minimum atomic E-state index is -1.36. The number of hydrogen-bond acceptors (Lipinski definition) is 6. The van der Waals surface area contributed by atoms with Gasteiger partial charge in [-0.2, -0.15) is 0 Å². The number of carbonyl (C=O) groups is 2. The third-order valence-corrected chi connectivity index (χ3v) is 6.77. The van der Waals surface area contributed by atoms with Crippen LogP contribution < -0.4 is 0 Å². The van der Waals surface area contributed by atoms with Crippen molar-refractivity contribution in [2.75, 3.05) is 12.4 Å². The standard InChI is InChI=1S/C14H19NO5S2/c1-4-6-20-13(18)10-14(22(19)7-5-2)21-12-9(8(3)16)11(17)15(10)12/h4,8-9,12,16H,1,5-7H2,2-3H3/t8-,9+,12-,22?/m1/s1. The Hall–Kier alpha value is -0.960. The summed E-state index contributed by atoms with van der Waals surface area (Å²) in [4.78, 5) is 25.7. The zero-order valence-electron chi connectivity index (χ0n) is 12.5. The van der Waals surface area contributed by atoms with Crippen molar-refractivity contribution in [2.45, 2.75) is 31.7 Å². The first-order valence-corrected chi connectivity index (χ1v) is 9.22. The van der Waals surface area contributed by atoms with Crippen molar-refractivity contribution < 1.29 is 24.0 Å². The number of rotatable bonds is 7. The molecule has 0 aromatic rings. The van der Waals surface area contributed by atoms with E-state index in [1.165, 1.54) is 29.7 Å². The van der Waals surface area contributed by atoms with E-state index in [1.807, 2.05) is 6.92 Å². The Labute approximate surface area is 136 Å². The van der Waals surface area contributed by atoms with E-state index < -0.39 is 29.2 Å². The van der Waals surface area contributed by atoms with Crippen LogP contribution in [0.1, 0.15) is 20.3 Å². The number of esters is 1. The smallest absolute Gasteiger partial charge is 0.361 e. The second-order valence-electron chi connectivity index (χ2n) is 5.06. The Morgan fingerprint density at radius 2 is 2.36 bits per heavy atom. The Morgan fingerprint density at radius 1 is 1.68 bits per heavy atom. The van der Waals surface area contributed by atoms with Crippen molar-refractivity contribution in [3.8, 4) is 0 Å². The number of amides is 1. The fourth-order valence-electron chi connectivity index (χ4n) is 2.38. The van der Waals surface area contributed by atoms with E-state index in [4.69, 9.17) is 4.74 Å². The van der Waals surface area contributed by atoms with Crippen LogP contribution in [0.25, 0.3) is 0 Å². The fraction of sp³-hybridized carbons (Fsp3) is 0.571. The summed E-state index contributed by atoms with van der Waals surface area (Å²) < 4.78 is 17.7. The van der Waals surface area contributed by atoms with Gasteiger partial charge < -0.3 is 14.4 Å². The summed E-state index contributed by atoms with van der Waals surface area (Å²) in [6.07, 6.45) is 1.31. The highest BCUT2D eigenvalue weighted by Gasteiger charge is 2.60. The van der Waals surface area contributed by atoms with Crippen molar-refractivity contribution in [3.05, 3.63) is 22.6 Å². The van der Waals surface area contributed by atoms with E-state index in [1.54, 1.807) is 0 Å². The fourth-order valence-corrected chi connectivity index (χ4v) is 5.63. The summed E-state index contributed by atoms with van der Waals surface area (Å²) in [7, 11) is 0. The lowest BCUT2D eigenvalue weighted by Crippen LogP contribution is -2.60. The summed E-state index contributed by atoms with van der Waals surface area (Å²) in [5.41, 5.74) is 0.0607. The van der Waals surface area contributed by atoms with Gasteiger partial charge in [-0.15, -0.1) is 0 Å². The van der Waals surface area contributed by atoms with Crippen molar-refractivity contribution >= 4 is 34.8 Å². The van der Waals surface area contributed by atoms with Crippen LogP contribution in [0.15, 0.2) is 22.6 Å². The molecule has 122 valence electrons. The molecule has 2 heterocycles. The Morgan fingerprint density at radius 3 is 2.91 bits per heavy atom. The average Bonchev–Trinajstić information content (AvgIpc) is 2.79. The third kappa shape index (κ3) is 2.92. The van der Waals surface area contributed by atoms with Crippen LogP contribution in [-0.2, 0) is 25.5 Å². The van der Waals surface area contributed by atoms with Crippen LogP contribution >= 0.6 is 11.8 Å². The minimum absolute atomic E-state index is 0.0211. The topological polar surface area (TPSA) is 89.9 Å². The second-order valence-corrected chi connectivity index (χ2v) is 7.95. The molecule has 0 bridgehead atoms. The lowest BCUT2D eigenvalue weighted by atomic mass is 9.92. The van der Waals surface area contributed by atoms with Crippen LogP contribution in [0, 0.1) is 5.92 Å². The van der Waals surface area contributed by atoms with Gasteiger partial charge in [0.05, 0.1) is 12.0 Å². The van der Waals surface area contributed by atoms with Crippen LogP contribution in [0.3, 0.4) is 0 Å². The first-order chi connectivity index (χ1) is 10.4. The lowest BCUT2D eigenvalue weighted by molar-refractivity contribution is -0.157. The number of aliphatic hydroxyl groups excluding tert-OH is 1. The summed E-state index contributed by atoms with van der Waals surface area (Å²) in [6.45, 7) is 6.92. The highest BCUT2D eigenvalue weighted by Crippen LogP contribution is 2.52. The average molecular weight is 345 g/mol. The van der Waals surface area contributed by atoms with Crippen LogP contribution in [0.5, 0.6) is 0 Å². The van der Waals surface area contributed by atoms with E-state index in [9.17, 15) is 19.2 Å². The lowest BCUT2D eigenvalue weighted by Gasteiger charge is -2.43. The van der Waals surface area contributed by atoms with E-state index in [0.29, 0.717) is 16.4 Å². The van der Waals surface area contributed by atoms with E-state index >= 15 is 0 Å². The predicted molar refractivity (Wildman–Crippen MR) is 84.9 cm³/mol. The SMILES string of the molecule is C=CCOC(=O)C1=C([S+]([O-])CCC)S[C@@H]2[C@@H]([C@@H](C)O)C(=O)N12.